The van der Waals surface area contributed by atoms with Crippen LogP contribution in [0.3, 0.4) is 0 Å². The molecule has 0 aliphatic heterocycles. The van der Waals surface area contributed by atoms with Crippen LogP contribution in [0, 0.1) is 0 Å². The third-order valence-corrected chi connectivity index (χ3v) is 3.68. The Morgan fingerprint density at radius 3 is 2.16 bits per heavy atom. The number of carbonyl (C=O) groups is 1. The van der Waals surface area contributed by atoms with Crippen molar-refractivity contribution in [2.24, 2.45) is 0 Å². The molecule has 1 amide bonds. The number of alkyl halides is 3. The second-order valence-corrected chi connectivity index (χ2v) is 5.32. The van der Waals surface area contributed by atoms with Crippen molar-refractivity contribution in [2.75, 3.05) is 7.05 Å². The first-order valence-electron chi connectivity index (χ1n) is 7.45. The standard InChI is InChI=1S/C18H14F3N3O/c1-22-17(25)15-11-16(18(19,20)21)24(23-15)14-9-7-13(8-10-14)12-5-3-2-4-6-12/h2-11H,1H3,(H,22,25). The van der Waals surface area contributed by atoms with Crippen molar-refractivity contribution in [3.05, 3.63) is 72.1 Å². The first-order valence-corrected chi connectivity index (χ1v) is 7.45. The molecule has 3 rings (SSSR count). The summed E-state index contributed by atoms with van der Waals surface area (Å²) < 4.78 is 40.5. The van der Waals surface area contributed by atoms with Gasteiger partial charge in [-0.25, -0.2) is 4.68 Å². The van der Waals surface area contributed by atoms with Gasteiger partial charge < -0.3 is 5.32 Å². The third kappa shape index (κ3) is 3.40. The normalized spacial score (nSPS) is 11.4. The van der Waals surface area contributed by atoms with Crippen molar-refractivity contribution >= 4 is 5.91 Å². The van der Waals surface area contributed by atoms with Crippen LogP contribution in [0.5, 0.6) is 0 Å². The van der Waals surface area contributed by atoms with Gasteiger partial charge in [-0.05, 0) is 23.3 Å². The number of nitrogens with zero attached hydrogens (tertiary/aromatic N) is 2. The maximum absolute atomic E-state index is 13.3. The average molecular weight is 345 g/mol. The van der Waals surface area contributed by atoms with E-state index in [-0.39, 0.29) is 11.4 Å². The van der Waals surface area contributed by atoms with Crippen LogP contribution < -0.4 is 5.32 Å². The lowest BCUT2D eigenvalue weighted by Gasteiger charge is -2.10. The van der Waals surface area contributed by atoms with E-state index in [1.54, 1.807) is 12.1 Å². The van der Waals surface area contributed by atoms with E-state index in [1.807, 2.05) is 30.3 Å². The fourth-order valence-corrected chi connectivity index (χ4v) is 2.44. The van der Waals surface area contributed by atoms with Crippen LogP contribution in [-0.4, -0.2) is 22.7 Å². The molecule has 128 valence electrons. The molecule has 0 unspecified atom stereocenters. The molecule has 0 atom stereocenters. The Morgan fingerprint density at radius 2 is 1.60 bits per heavy atom. The minimum Gasteiger partial charge on any atom is -0.354 e. The van der Waals surface area contributed by atoms with E-state index in [1.165, 1.54) is 19.2 Å². The summed E-state index contributed by atoms with van der Waals surface area (Å²) in [5.41, 5.74) is 0.760. The van der Waals surface area contributed by atoms with E-state index in [0.29, 0.717) is 0 Å². The lowest BCUT2D eigenvalue weighted by Crippen LogP contribution is -2.18. The average Bonchev–Trinajstić information content (AvgIpc) is 3.08. The second-order valence-electron chi connectivity index (χ2n) is 5.32. The topological polar surface area (TPSA) is 46.9 Å². The molecule has 7 heteroatoms. The Kier molecular flexibility index (Phi) is 4.31. The highest BCUT2D eigenvalue weighted by atomic mass is 19.4. The van der Waals surface area contributed by atoms with E-state index < -0.39 is 17.8 Å². The second kappa shape index (κ2) is 6.43. The van der Waals surface area contributed by atoms with Crippen molar-refractivity contribution in [1.29, 1.82) is 0 Å². The van der Waals surface area contributed by atoms with Gasteiger partial charge in [-0.3, -0.25) is 4.79 Å². The van der Waals surface area contributed by atoms with Crippen LogP contribution >= 0.6 is 0 Å². The van der Waals surface area contributed by atoms with E-state index >= 15 is 0 Å². The van der Waals surface area contributed by atoms with Crippen LogP contribution in [0.1, 0.15) is 16.2 Å². The molecular weight excluding hydrogens is 331 g/mol. The van der Waals surface area contributed by atoms with Crippen LogP contribution in [0.2, 0.25) is 0 Å². The number of hydrogen-bond donors (Lipinski definition) is 1. The fraction of sp³-hybridized carbons (Fsp3) is 0.111. The number of amides is 1. The monoisotopic (exact) mass is 345 g/mol. The molecule has 0 spiro atoms. The number of halogens is 3. The Labute approximate surface area is 141 Å². The van der Waals surface area contributed by atoms with E-state index in [9.17, 15) is 18.0 Å². The first-order chi connectivity index (χ1) is 11.9. The van der Waals surface area contributed by atoms with Gasteiger partial charge in [-0.2, -0.15) is 18.3 Å². The molecule has 0 bridgehead atoms. The van der Waals surface area contributed by atoms with Gasteiger partial charge in [0.05, 0.1) is 5.69 Å². The number of benzene rings is 2. The summed E-state index contributed by atoms with van der Waals surface area (Å²) in [6.45, 7) is 0. The first kappa shape index (κ1) is 16.8. The number of aromatic nitrogens is 2. The summed E-state index contributed by atoms with van der Waals surface area (Å²) in [5.74, 6) is -0.676. The Balaban J connectivity index is 2.04. The van der Waals surface area contributed by atoms with Crippen molar-refractivity contribution < 1.29 is 18.0 Å². The summed E-state index contributed by atoms with van der Waals surface area (Å²) in [7, 11) is 1.34. The zero-order chi connectivity index (χ0) is 18.0. The number of nitrogens with one attached hydrogen (secondary N) is 1. The summed E-state index contributed by atoms with van der Waals surface area (Å²) >= 11 is 0. The van der Waals surface area contributed by atoms with Gasteiger partial charge in [-0.1, -0.05) is 42.5 Å². The van der Waals surface area contributed by atoms with Crippen LogP contribution in [0.4, 0.5) is 13.2 Å². The van der Waals surface area contributed by atoms with Crippen molar-refractivity contribution in [2.45, 2.75) is 6.18 Å². The van der Waals surface area contributed by atoms with Gasteiger partial charge in [0.15, 0.2) is 5.69 Å². The van der Waals surface area contributed by atoms with Gasteiger partial charge in [0.1, 0.15) is 5.69 Å². The molecule has 0 saturated carbocycles. The van der Waals surface area contributed by atoms with E-state index in [0.717, 1.165) is 21.9 Å². The quantitative estimate of drug-likeness (QED) is 0.782. The molecule has 0 radical (unpaired) electrons. The molecule has 0 aliphatic rings. The lowest BCUT2D eigenvalue weighted by molar-refractivity contribution is -0.142. The molecule has 0 fully saturated rings. The largest absolute Gasteiger partial charge is 0.433 e. The van der Waals surface area contributed by atoms with Crippen molar-refractivity contribution in [3.63, 3.8) is 0 Å². The molecule has 0 saturated heterocycles. The zero-order valence-corrected chi connectivity index (χ0v) is 13.2. The number of rotatable bonds is 3. The predicted octanol–water partition coefficient (Wildman–Crippen LogP) is 3.92. The molecule has 2 aromatic carbocycles. The number of hydrogen-bond acceptors (Lipinski definition) is 2. The lowest BCUT2D eigenvalue weighted by atomic mass is 10.1. The highest BCUT2D eigenvalue weighted by Crippen LogP contribution is 2.32. The third-order valence-electron chi connectivity index (χ3n) is 3.68. The maximum atomic E-state index is 13.3. The molecule has 1 N–H and O–H groups in total. The minimum atomic E-state index is -4.63. The predicted molar refractivity (Wildman–Crippen MR) is 87.4 cm³/mol. The molecule has 1 aromatic heterocycles. The smallest absolute Gasteiger partial charge is 0.354 e. The van der Waals surface area contributed by atoms with Crippen molar-refractivity contribution in [3.8, 4) is 16.8 Å². The summed E-state index contributed by atoms with van der Waals surface area (Å²) in [6.07, 6.45) is -4.63. The molecular formula is C18H14F3N3O. The summed E-state index contributed by atoms with van der Waals surface area (Å²) in [4.78, 5) is 11.6. The highest BCUT2D eigenvalue weighted by molar-refractivity contribution is 5.92. The molecule has 1 heterocycles. The Morgan fingerprint density at radius 1 is 1.00 bits per heavy atom. The molecule has 4 nitrogen and oxygen atoms in total. The van der Waals surface area contributed by atoms with E-state index in [2.05, 4.69) is 10.4 Å². The SMILES string of the molecule is CNC(=O)c1cc(C(F)(F)F)n(-c2ccc(-c3ccccc3)cc2)n1. The van der Waals surface area contributed by atoms with Gasteiger partial charge in [0.25, 0.3) is 5.91 Å². The highest BCUT2D eigenvalue weighted by Gasteiger charge is 2.37. The van der Waals surface area contributed by atoms with Crippen molar-refractivity contribution in [1.82, 2.24) is 15.1 Å². The zero-order valence-electron chi connectivity index (χ0n) is 13.2. The fourth-order valence-electron chi connectivity index (χ4n) is 2.44. The van der Waals surface area contributed by atoms with Crippen LogP contribution in [0.25, 0.3) is 16.8 Å². The Bertz CT molecular complexity index is 884. The maximum Gasteiger partial charge on any atom is 0.433 e. The van der Waals surface area contributed by atoms with Gasteiger partial charge in [-0.15, -0.1) is 0 Å². The van der Waals surface area contributed by atoms with Gasteiger partial charge in [0.2, 0.25) is 0 Å². The summed E-state index contributed by atoms with van der Waals surface area (Å²) in [6, 6.07) is 16.7. The summed E-state index contributed by atoms with van der Waals surface area (Å²) in [5, 5.41) is 6.08. The number of carbonyl (C=O) groups excluding carboxylic acids is 1. The molecule has 25 heavy (non-hydrogen) atoms. The molecule has 0 aliphatic carbocycles. The van der Waals surface area contributed by atoms with Gasteiger partial charge in [0, 0.05) is 13.1 Å². The molecule has 3 aromatic rings. The van der Waals surface area contributed by atoms with E-state index in [4.69, 9.17) is 0 Å². The van der Waals surface area contributed by atoms with Crippen LogP contribution in [-0.2, 0) is 6.18 Å². The Hall–Kier alpha value is -3.09. The van der Waals surface area contributed by atoms with Crippen LogP contribution in [0.15, 0.2) is 60.7 Å². The minimum absolute atomic E-state index is 0.224. The van der Waals surface area contributed by atoms with Gasteiger partial charge >= 0.3 is 6.18 Å².